The van der Waals surface area contributed by atoms with Gasteiger partial charge in [0.2, 0.25) is 0 Å². The molecule has 2 aromatic rings. The third-order valence-corrected chi connectivity index (χ3v) is 2.67. The van der Waals surface area contributed by atoms with Gasteiger partial charge in [-0.25, -0.2) is 24.6 Å². The number of rotatable bonds is 6. The number of nitrogens with one attached hydrogen (secondary N) is 2. The summed E-state index contributed by atoms with van der Waals surface area (Å²) in [5.41, 5.74) is 3.09. The van der Waals surface area contributed by atoms with Gasteiger partial charge in [-0.2, -0.15) is 0 Å². The summed E-state index contributed by atoms with van der Waals surface area (Å²) in [6.07, 6.45) is 0. The van der Waals surface area contributed by atoms with Gasteiger partial charge in [0.15, 0.2) is 5.82 Å². The molecule has 0 atom stereocenters. The quantitative estimate of drug-likeness (QED) is 0.476. The number of hydrogen-bond donors (Lipinski definition) is 4. The number of halogens is 2. The first-order valence-corrected chi connectivity index (χ1v) is 6.18. The maximum atomic E-state index is 13.0. The van der Waals surface area contributed by atoms with Gasteiger partial charge in [-0.05, 0) is 0 Å². The first-order valence-electron chi connectivity index (χ1n) is 6.18. The highest BCUT2D eigenvalue weighted by Gasteiger charge is 2.27. The summed E-state index contributed by atoms with van der Waals surface area (Å²) in [7, 11) is 0. The fourth-order valence-corrected chi connectivity index (χ4v) is 1.60. The average molecular weight is 295 g/mol. The van der Waals surface area contributed by atoms with Gasteiger partial charge in [-0.15, -0.1) is 0 Å². The summed E-state index contributed by atoms with van der Waals surface area (Å²) in [5, 5.41) is 11.0. The second-order valence-corrected chi connectivity index (χ2v) is 4.34. The smallest absolute Gasteiger partial charge is 0.287 e. The highest BCUT2D eigenvalue weighted by Crippen LogP contribution is 2.20. The van der Waals surface area contributed by atoms with E-state index in [9.17, 15) is 8.78 Å². The van der Waals surface area contributed by atoms with Crippen molar-refractivity contribution in [2.24, 2.45) is 5.84 Å². The number of nitrogens with two attached hydrogens (primary N) is 1. The third kappa shape index (κ3) is 4.07. The van der Waals surface area contributed by atoms with Crippen LogP contribution in [-0.4, -0.2) is 34.1 Å². The summed E-state index contributed by atoms with van der Waals surface area (Å²) in [6.45, 7) is -1.97. The molecule has 0 aliphatic carbocycles. The Hall–Kier alpha value is -2.32. The summed E-state index contributed by atoms with van der Waals surface area (Å²) in [5.74, 6) is 2.91. The second kappa shape index (κ2) is 6.42. The average Bonchev–Trinajstić information content (AvgIpc) is 2.53. The van der Waals surface area contributed by atoms with Gasteiger partial charge in [0.1, 0.15) is 18.2 Å². The van der Waals surface area contributed by atoms with Gasteiger partial charge < -0.3 is 15.8 Å². The van der Waals surface area contributed by atoms with Crippen LogP contribution in [0.3, 0.4) is 0 Å². The van der Waals surface area contributed by atoms with Gasteiger partial charge in [0.05, 0.1) is 6.54 Å². The van der Waals surface area contributed by atoms with Gasteiger partial charge in [-0.1, -0.05) is 30.3 Å². The normalized spacial score (nSPS) is 11.2. The highest BCUT2D eigenvalue weighted by atomic mass is 19.3. The third-order valence-electron chi connectivity index (χ3n) is 2.67. The van der Waals surface area contributed by atoms with Crippen molar-refractivity contribution < 1.29 is 13.9 Å². The maximum absolute atomic E-state index is 13.0. The van der Waals surface area contributed by atoms with Crippen molar-refractivity contribution in [3.63, 3.8) is 0 Å². The number of aromatic nitrogens is 2. The largest absolute Gasteiger partial charge is 0.390 e. The molecule has 1 aromatic carbocycles. The lowest BCUT2D eigenvalue weighted by molar-refractivity contribution is -0.0373. The molecular weight excluding hydrogens is 280 g/mol. The molecule has 0 unspecified atom stereocenters. The number of alkyl halides is 2. The molecule has 0 aliphatic rings. The Balaban J connectivity index is 2.26. The molecule has 0 saturated heterocycles. The molecule has 0 fully saturated rings. The van der Waals surface area contributed by atoms with E-state index in [1.165, 1.54) is 6.07 Å². The molecule has 0 spiro atoms. The Morgan fingerprint density at radius 3 is 2.43 bits per heavy atom. The molecule has 0 aliphatic heterocycles. The van der Waals surface area contributed by atoms with Crippen LogP contribution in [0.5, 0.6) is 0 Å². The number of aliphatic hydroxyl groups excluding tert-OH is 1. The minimum Gasteiger partial charge on any atom is -0.390 e. The lowest BCUT2D eigenvalue weighted by atomic mass is 10.2. The van der Waals surface area contributed by atoms with Crippen molar-refractivity contribution in [2.75, 3.05) is 23.9 Å². The van der Waals surface area contributed by atoms with Crippen molar-refractivity contribution in [1.29, 1.82) is 0 Å². The Kier molecular flexibility index (Phi) is 4.61. The fourth-order valence-electron chi connectivity index (χ4n) is 1.60. The summed E-state index contributed by atoms with van der Waals surface area (Å²) < 4.78 is 26.1. The predicted octanol–water partition coefficient (Wildman–Crippen LogP) is 1.47. The highest BCUT2D eigenvalue weighted by molar-refractivity contribution is 5.60. The predicted molar refractivity (Wildman–Crippen MR) is 75.8 cm³/mol. The zero-order chi connectivity index (χ0) is 15.3. The minimum atomic E-state index is -3.23. The lowest BCUT2D eigenvalue weighted by Crippen LogP contribution is -2.31. The molecule has 8 heteroatoms. The standard InChI is InChI=1S/C13H15F2N5O/c14-13(15,8-21)7-17-10-6-11(20-16)19-12(18-10)9-4-2-1-3-5-9/h1-6,21H,7-8,16H2,(H2,17,18,19,20). The molecule has 1 aromatic heterocycles. The van der Waals surface area contributed by atoms with E-state index in [0.717, 1.165) is 5.56 Å². The molecule has 0 saturated carbocycles. The van der Waals surface area contributed by atoms with E-state index >= 15 is 0 Å². The Bertz CT molecular complexity index is 594. The second-order valence-electron chi connectivity index (χ2n) is 4.34. The Morgan fingerprint density at radius 2 is 1.81 bits per heavy atom. The molecule has 6 nitrogen and oxygen atoms in total. The molecule has 21 heavy (non-hydrogen) atoms. The van der Waals surface area contributed by atoms with Crippen molar-refractivity contribution in [3.8, 4) is 11.4 Å². The first-order chi connectivity index (χ1) is 10.0. The topological polar surface area (TPSA) is 96.1 Å². The minimum absolute atomic E-state index is 0.185. The van der Waals surface area contributed by atoms with Crippen LogP contribution in [0.15, 0.2) is 36.4 Å². The number of anilines is 2. The molecule has 0 amide bonds. The summed E-state index contributed by atoms with van der Waals surface area (Å²) in [6, 6.07) is 10.5. The Labute approximate surface area is 120 Å². The monoisotopic (exact) mass is 295 g/mol. The summed E-state index contributed by atoms with van der Waals surface area (Å²) >= 11 is 0. The van der Waals surface area contributed by atoms with Gasteiger partial charge >= 0.3 is 0 Å². The molecule has 0 radical (unpaired) electrons. The van der Waals surface area contributed by atoms with E-state index in [0.29, 0.717) is 11.6 Å². The van der Waals surface area contributed by atoms with Crippen molar-refractivity contribution in [3.05, 3.63) is 36.4 Å². The number of hydrogen-bond acceptors (Lipinski definition) is 6. The Morgan fingerprint density at radius 1 is 1.14 bits per heavy atom. The van der Waals surface area contributed by atoms with E-state index in [-0.39, 0.29) is 5.82 Å². The fraction of sp³-hybridized carbons (Fsp3) is 0.231. The van der Waals surface area contributed by atoms with Gasteiger partial charge in [0.25, 0.3) is 5.92 Å². The van der Waals surface area contributed by atoms with Crippen LogP contribution in [0.2, 0.25) is 0 Å². The number of hydrazine groups is 1. The molecular formula is C13H15F2N5O. The van der Waals surface area contributed by atoms with Crippen molar-refractivity contribution in [1.82, 2.24) is 9.97 Å². The van der Waals surface area contributed by atoms with Crippen LogP contribution in [-0.2, 0) is 0 Å². The van der Waals surface area contributed by atoms with Gasteiger partial charge in [-0.3, -0.25) is 0 Å². The van der Waals surface area contributed by atoms with Gasteiger partial charge in [0, 0.05) is 11.6 Å². The number of nitrogen functional groups attached to an aromatic ring is 1. The van der Waals surface area contributed by atoms with Crippen LogP contribution in [0.4, 0.5) is 20.4 Å². The van der Waals surface area contributed by atoms with Crippen molar-refractivity contribution in [2.45, 2.75) is 5.92 Å². The molecule has 1 heterocycles. The van der Waals surface area contributed by atoms with E-state index in [4.69, 9.17) is 10.9 Å². The number of nitrogens with zero attached hydrogens (tertiary/aromatic N) is 2. The number of aliphatic hydroxyl groups is 1. The number of benzene rings is 1. The van der Waals surface area contributed by atoms with E-state index in [2.05, 4.69) is 20.7 Å². The van der Waals surface area contributed by atoms with E-state index in [1.807, 2.05) is 18.2 Å². The van der Waals surface area contributed by atoms with Crippen LogP contribution < -0.4 is 16.6 Å². The van der Waals surface area contributed by atoms with Crippen LogP contribution in [0.25, 0.3) is 11.4 Å². The van der Waals surface area contributed by atoms with E-state index < -0.39 is 19.1 Å². The summed E-state index contributed by atoms with van der Waals surface area (Å²) in [4.78, 5) is 8.32. The zero-order valence-electron chi connectivity index (χ0n) is 11.1. The molecule has 0 bridgehead atoms. The SMILES string of the molecule is NNc1cc(NCC(F)(F)CO)nc(-c2ccccc2)n1. The molecule has 5 N–H and O–H groups in total. The van der Waals surface area contributed by atoms with E-state index in [1.54, 1.807) is 12.1 Å². The maximum Gasteiger partial charge on any atom is 0.287 e. The molecule has 2 rings (SSSR count). The lowest BCUT2D eigenvalue weighted by Gasteiger charge is -2.15. The van der Waals surface area contributed by atoms with Crippen molar-refractivity contribution >= 4 is 11.6 Å². The molecule has 112 valence electrons. The van der Waals surface area contributed by atoms with Crippen LogP contribution in [0, 0.1) is 0 Å². The zero-order valence-corrected chi connectivity index (χ0v) is 11.1. The van der Waals surface area contributed by atoms with Crippen LogP contribution in [0.1, 0.15) is 0 Å². The van der Waals surface area contributed by atoms with Crippen LogP contribution >= 0.6 is 0 Å². The first kappa shape index (κ1) is 15.1.